The molecule has 2 rings (SSSR count). The number of nitrogens with one attached hydrogen (secondary N) is 2. The molecule has 0 aliphatic carbocycles. The zero-order chi connectivity index (χ0) is 21.1. The van der Waals surface area contributed by atoms with Gasteiger partial charge in [-0.3, -0.25) is 0 Å². The molecule has 0 aliphatic heterocycles. The molecule has 0 atom stereocenters. The molecule has 2 aromatic rings. The number of halogens is 4. The average molecular weight is 538 g/mol. The first kappa shape index (κ1) is 25.8. The molecule has 2 N–H and O–H groups in total. The summed E-state index contributed by atoms with van der Waals surface area (Å²) in [6.07, 6.45) is -3.05. The first-order chi connectivity index (χ1) is 13.9. The Morgan fingerprint density at radius 2 is 1.77 bits per heavy atom. The highest BCUT2D eigenvalue weighted by Gasteiger charge is 2.29. The van der Waals surface area contributed by atoms with Crippen LogP contribution in [0.4, 0.5) is 13.2 Å². The van der Waals surface area contributed by atoms with Crippen LogP contribution < -0.4 is 20.1 Å². The normalized spacial score (nSPS) is 11.4. The number of alkyl halides is 3. The van der Waals surface area contributed by atoms with E-state index < -0.39 is 12.8 Å². The van der Waals surface area contributed by atoms with Crippen LogP contribution in [0.3, 0.4) is 0 Å². The Hall–Kier alpha value is -2.24. The minimum Gasteiger partial charge on any atom is -0.494 e. The van der Waals surface area contributed by atoms with E-state index in [1.165, 1.54) is 6.20 Å². The van der Waals surface area contributed by atoms with Crippen LogP contribution in [0, 0.1) is 0 Å². The lowest BCUT2D eigenvalue weighted by atomic mass is 10.2. The van der Waals surface area contributed by atoms with Crippen LogP contribution >= 0.6 is 24.0 Å². The van der Waals surface area contributed by atoms with Gasteiger partial charge in [-0.2, -0.15) is 13.2 Å². The van der Waals surface area contributed by atoms with Crippen molar-refractivity contribution in [1.82, 2.24) is 15.6 Å². The monoisotopic (exact) mass is 538 g/mol. The quantitative estimate of drug-likeness (QED) is 0.283. The molecule has 0 saturated carbocycles. The van der Waals surface area contributed by atoms with Gasteiger partial charge in [0.05, 0.1) is 13.2 Å². The molecular weight excluding hydrogens is 512 g/mol. The number of para-hydroxylation sites is 1. The molecule has 0 fully saturated rings. The van der Waals surface area contributed by atoms with Crippen LogP contribution in [-0.2, 0) is 13.1 Å². The van der Waals surface area contributed by atoms with Gasteiger partial charge in [0.2, 0.25) is 5.88 Å². The number of ether oxygens (including phenoxy) is 2. The van der Waals surface area contributed by atoms with Gasteiger partial charge in [-0.05, 0) is 26.0 Å². The predicted molar refractivity (Wildman–Crippen MR) is 120 cm³/mol. The van der Waals surface area contributed by atoms with Gasteiger partial charge in [-0.25, -0.2) is 9.98 Å². The van der Waals surface area contributed by atoms with Crippen molar-refractivity contribution >= 4 is 29.9 Å². The number of aromatic nitrogens is 1. The van der Waals surface area contributed by atoms with E-state index in [-0.39, 0.29) is 36.4 Å². The van der Waals surface area contributed by atoms with Crippen LogP contribution in [-0.4, -0.2) is 36.9 Å². The van der Waals surface area contributed by atoms with Gasteiger partial charge in [-0.15, -0.1) is 24.0 Å². The third-order valence-corrected chi connectivity index (χ3v) is 3.69. The van der Waals surface area contributed by atoms with E-state index in [1.54, 1.807) is 12.1 Å². The SMILES string of the molecule is CCNC(=NCc1cccnc1OCC(F)(F)F)NCc1ccccc1OCC.I. The molecule has 0 aliphatic rings. The fraction of sp³-hybridized carbons (Fsp3) is 0.400. The number of pyridine rings is 1. The standard InChI is InChI=1S/C20H25F3N4O2.HI/c1-3-24-19(26-12-15-8-5-6-10-17(15)28-4-2)27-13-16-9-7-11-25-18(16)29-14-20(21,22)23;/h5-11H,3-4,12-14H2,1-2H3,(H2,24,26,27);1H. The Morgan fingerprint density at radius 1 is 1.03 bits per heavy atom. The number of benzene rings is 1. The van der Waals surface area contributed by atoms with E-state index in [9.17, 15) is 13.2 Å². The molecule has 166 valence electrons. The van der Waals surface area contributed by atoms with Gasteiger partial charge in [-0.1, -0.05) is 24.3 Å². The molecule has 0 bridgehead atoms. The van der Waals surface area contributed by atoms with E-state index in [2.05, 4.69) is 20.6 Å². The van der Waals surface area contributed by atoms with Crippen molar-refractivity contribution in [3.8, 4) is 11.6 Å². The molecule has 0 radical (unpaired) electrons. The maximum atomic E-state index is 12.4. The third kappa shape index (κ3) is 9.06. The summed E-state index contributed by atoms with van der Waals surface area (Å²) in [7, 11) is 0. The lowest BCUT2D eigenvalue weighted by Gasteiger charge is -2.15. The number of rotatable bonds is 9. The van der Waals surface area contributed by atoms with Gasteiger partial charge < -0.3 is 20.1 Å². The van der Waals surface area contributed by atoms with Crippen LogP contribution in [0.5, 0.6) is 11.6 Å². The Bertz CT molecular complexity index is 804. The highest BCUT2D eigenvalue weighted by molar-refractivity contribution is 14.0. The summed E-state index contributed by atoms with van der Waals surface area (Å²) in [5.41, 5.74) is 1.43. The number of nitrogens with zero attached hydrogens (tertiary/aromatic N) is 2. The second-order valence-electron chi connectivity index (χ2n) is 5.96. The molecule has 30 heavy (non-hydrogen) atoms. The first-order valence-corrected chi connectivity index (χ1v) is 9.29. The molecule has 0 amide bonds. The van der Waals surface area contributed by atoms with E-state index in [0.29, 0.717) is 31.2 Å². The topological polar surface area (TPSA) is 67.8 Å². The molecule has 6 nitrogen and oxygen atoms in total. The van der Waals surface area contributed by atoms with Gasteiger partial charge >= 0.3 is 6.18 Å². The van der Waals surface area contributed by atoms with Crippen LogP contribution in [0.2, 0.25) is 0 Å². The number of hydrogen-bond acceptors (Lipinski definition) is 4. The molecular formula is C20H26F3IN4O2. The third-order valence-electron chi connectivity index (χ3n) is 3.69. The van der Waals surface area contributed by atoms with Gasteiger partial charge in [0, 0.05) is 30.4 Å². The molecule has 10 heteroatoms. The highest BCUT2D eigenvalue weighted by Crippen LogP contribution is 2.21. The van der Waals surface area contributed by atoms with E-state index in [4.69, 9.17) is 9.47 Å². The van der Waals surface area contributed by atoms with Crippen molar-refractivity contribution in [1.29, 1.82) is 0 Å². The summed E-state index contributed by atoms with van der Waals surface area (Å²) in [6.45, 7) is 4.23. The zero-order valence-corrected chi connectivity index (χ0v) is 19.2. The second-order valence-corrected chi connectivity index (χ2v) is 5.96. The Morgan fingerprint density at radius 3 is 2.47 bits per heavy atom. The average Bonchev–Trinajstić information content (AvgIpc) is 2.70. The Balaban J connectivity index is 0.00000450. The van der Waals surface area contributed by atoms with Crippen molar-refractivity contribution in [3.05, 3.63) is 53.7 Å². The fourth-order valence-electron chi connectivity index (χ4n) is 2.46. The number of aliphatic imine (C=N–C) groups is 1. The largest absolute Gasteiger partial charge is 0.494 e. The van der Waals surface area contributed by atoms with Crippen molar-refractivity contribution in [2.45, 2.75) is 33.1 Å². The summed E-state index contributed by atoms with van der Waals surface area (Å²) < 4.78 is 47.7. The minimum absolute atomic E-state index is 0. The molecule has 1 heterocycles. The van der Waals surface area contributed by atoms with Gasteiger partial charge in [0.15, 0.2) is 12.6 Å². The first-order valence-electron chi connectivity index (χ1n) is 9.29. The Kier molecular flexibility index (Phi) is 11.3. The van der Waals surface area contributed by atoms with E-state index >= 15 is 0 Å². The molecule has 0 spiro atoms. The summed E-state index contributed by atoms with van der Waals surface area (Å²) in [4.78, 5) is 8.31. The summed E-state index contributed by atoms with van der Waals surface area (Å²) >= 11 is 0. The fourth-order valence-corrected chi connectivity index (χ4v) is 2.46. The van der Waals surface area contributed by atoms with Crippen molar-refractivity contribution in [2.24, 2.45) is 4.99 Å². The second kappa shape index (κ2) is 13.1. The lowest BCUT2D eigenvalue weighted by Crippen LogP contribution is -2.36. The van der Waals surface area contributed by atoms with Crippen LogP contribution in [0.25, 0.3) is 0 Å². The summed E-state index contributed by atoms with van der Waals surface area (Å²) in [5, 5.41) is 6.31. The maximum absolute atomic E-state index is 12.4. The smallest absolute Gasteiger partial charge is 0.422 e. The maximum Gasteiger partial charge on any atom is 0.422 e. The highest BCUT2D eigenvalue weighted by atomic mass is 127. The minimum atomic E-state index is -4.43. The zero-order valence-electron chi connectivity index (χ0n) is 16.8. The van der Waals surface area contributed by atoms with E-state index in [0.717, 1.165) is 11.3 Å². The molecule has 0 unspecified atom stereocenters. The van der Waals surface area contributed by atoms with Crippen LogP contribution in [0.15, 0.2) is 47.6 Å². The van der Waals surface area contributed by atoms with Crippen molar-refractivity contribution < 1.29 is 22.6 Å². The van der Waals surface area contributed by atoms with Gasteiger partial charge in [0.1, 0.15) is 5.75 Å². The number of hydrogen-bond donors (Lipinski definition) is 2. The summed E-state index contributed by atoms with van der Waals surface area (Å²) in [5.74, 6) is 1.23. The number of guanidine groups is 1. The van der Waals surface area contributed by atoms with Crippen molar-refractivity contribution in [3.63, 3.8) is 0 Å². The summed E-state index contributed by atoms with van der Waals surface area (Å²) in [6, 6.07) is 10.9. The van der Waals surface area contributed by atoms with E-state index in [1.807, 2.05) is 38.1 Å². The van der Waals surface area contributed by atoms with Gasteiger partial charge in [0.25, 0.3) is 0 Å². The lowest BCUT2D eigenvalue weighted by molar-refractivity contribution is -0.154. The Labute approximate surface area is 191 Å². The van der Waals surface area contributed by atoms with Crippen molar-refractivity contribution in [2.75, 3.05) is 19.8 Å². The molecule has 1 aromatic carbocycles. The molecule has 1 aromatic heterocycles. The van der Waals surface area contributed by atoms with Crippen LogP contribution in [0.1, 0.15) is 25.0 Å². The predicted octanol–water partition coefficient (Wildman–Crippen LogP) is 4.29. The molecule has 0 saturated heterocycles.